The lowest BCUT2D eigenvalue weighted by Gasteiger charge is -2.06. The Bertz CT molecular complexity index is 552. The lowest BCUT2D eigenvalue weighted by molar-refractivity contribution is 0.0688. The summed E-state index contributed by atoms with van der Waals surface area (Å²) in [6.45, 7) is 0. The fourth-order valence-corrected chi connectivity index (χ4v) is 1.74. The zero-order valence-electron chi connectivity index (χ0n) is 7.89. The Morgan fingerprint density at radius 1 is 1.44 bits per heavy atom. The lowest BCUT2D eigenvalue weighted by atomic mass is 10.4. The van der Waals surface area contributed by atoms with E-state index in [1.165, 1.54) is 23.0 Å². The van der Waals surface area contributed by atoms with Crippen LogP contribution in [-0.4, -0.2) is 20.6 Å². The van der Waals surface area contributed by atoms with Crippen LogP contribution >= 0.6 is 23.2 Å². The Balaban J connectivity index is 2.64. The molecule has 2 aromatic rings. The van der Waals surface area contributed by atoms with Crippen molar-refractivity contribution in [1.82, 2.24) is 9.55 Å². The van der Waals surface area contributed by atoms with Crippen LogP contribution in [-0.2, 0) is 0 Å². The summed E-state index contributed by atoms with van der Waals surface area (Å²) in [6.07, 6.45) is 2.99. The van der Waals surface area contributed by atoms with Gasteiger partial charge in [0.05, 0.1) is 10.0 Å². The molecule has 2 rings (SSSR count). The van der Waals surface area contributed by atoms with E-state index in [4.69, 9.17) is 28.3 Å². The van der Waals surface area contributed by atoms with Crippen molar-refractivity contribution in [1.29, 1.82) is 0 Å². The molecule has 6 heteroatoms. The second-order valence-electron chi connectivity index (χ2n) is 3.03. The standard InChI is InChI=1S/C10H6Cl2N2O2/c11-6-4-8(10(15)16)14(5-6)9-7(12)2-1-3-13-9/h1-5H,(H,15,16). The molecule has 0 atom stereocenters. The summed E-state index contributed by atoms with van der Waals surface area (Å²) >= 11 is 11.7. The molecule has 0 aromatic carbocycles. The van der Waals surface area contributed by atoms with E-state index < -0.39 is 5.97 Å². The first-order valence-electron chi connectivity index (χ1n) is 4.31. The fourth-order valence-electron chi connectivity index (χ4n) is 1.32. The zero-order valence-corrected chi connectivity index (χ0v) is 9.40. The molecule has 0 saturated carbocycles. The Labute approximate surface area is 101 Å². The molecule has 0 radical (unpaired) electrons. The van der Waals surface area contributed by atoms with E-state index in [-0.39, 0.29) is 5.69 Å². The summed E-state index contributed by atoms with van der Waals surface area (Å²) in [7, 11) is 0. The first-order valence-corrected chi connectivity index (χ1v) is 5.07. The van der Waals surface area contributed by atoms with Gasteiger partial charge < -0.3 is 5.11 Å². The van der Waals surface area contributed by atoms with E-state index in [1.54, 1.807) is 12.1 Å². The third-order valence-electron chi connectivity index (χ3n) is 1.97. The minimum absolute atomic E-state index is 0.0191. The Morgan fingerprint density at radius 3 is 2.81 bits per heavy atom. The molecule has 0 unspecified atom stereocenters. The highest BCUT2D eigenvalue weighted by atomic mass is 35.5. The number of carboxylic acids is 1. The molecular weight excluding hydrogens is 251 g/mol. The van der Waals surface area contributed by atoms with E-state index in [2.05, 4.69) is 4.98 Å². The number of carboxylic acid groups (broad SMARTS) is 1. The molecule has 0 fully saturated rings. The highest BCUT2D eigenvalue weighted by Gasteiger charge is 2.15. The summed E-state index contributed by atoms with van der Waals surface area (Å²) in [4.78, 5) is 15.0. The Hall–Kier alpha value is -1.52. The van der Waals surface area contributed by atoms with Crippen LogP contribution in [0.25, 0.3) is 5.82 Å². The third-order valence-corrected chi connectivity index (χ3v) is 2.47. The van der Waals surface area contributed by atoms with Crippen LogP contribution in [0.5, 0.6) is 0 Å². The van der Waals surface area contributed by atoms with Crippen molar-refractivity contribution >= 4 is 29.2 Å². The molecule has 0 spiro atoms. The first-order chi connectivity index (χ1) is 7.59. The van der Waals surface area contributed by atoms with Gasteiger partial charge in [0, 0.05) is 12.4 Å². The number of rotatable bonds is 2. The molecule has 0 aliphatic carbocycles. The number of carbonyl (C=O) groups is 1. The van der Waals surface area contributed by atoms with Gasteiger partial charge in [-0.3, -0.25) is 4.57 Å². The van der Waals surface area contributed by atoms with E-state index in [0.29, 0.717) is 15.9 Å². The van der Waals surface area contributed by atoms with Gasteiger partial charge in [-0.05, 0) is 18.2 Å². The topological polar surface area (TPSA) is 55.1 Å². The molecular formula is C10H6Cl2N2O2. The molecule has 2 aromatic heterocycles. The number of aromatic carboxylic acids is 1. The molecule has 4 nitrogen and oxygen atoms in total. The number of nitrogens with zero attached hydrogens (tertiary/aromatic N) is 2. The fraction of sp³-hybridized carbons (Fsp3) is 0. The number of hydrogen-bond acceptors (Lipinski definition) is 2. The minimum Gasteiger partial charge on any atom is -0.477 e. The van der Waals surface area contributed by atoms with Crippen LogP contribution in [0.4, 0.5) is 0 Å². The molecule has 0 saturated heterocycles. The highest BCUT2D eigenvalue weighted by Crippen LogP contribution is 2.23. The molecule has 0 aliphatic rings. The van der Waals surface area contributed by atoms with E-state index in [9.17, 15) is 4.79 Å². The van der Waals surface area contributed by atoms with E-state index in [0.717, 1.165) is 0 Å². The summed E-state index contributed by atoms with van der Waals surface area (Å²) < 4.78 is 1.34. The van der Waals surface area contributed by atoms with Gasteiger partial charge in [-0.25, -0.2) is 9.78 Å². The van der Waals surface area contributed by atoms with Crippen LogP contribution in [0.15, 0.2) is 30.6 Å². The normalized spacial score (nSPS) is 10.4. The van der Waals surface area contributed by atoms with Crippen LogP contribution in [0.2, 0.25) is 10.0 Å². The smallest absolute Gasteiger partial charge is 0.352 e. The van der Waals surface area contributed by atoms with Gasteiger partial charge in [0.1, 0.15) is 5.69 Å². The highest BCUT2D eigenvalue weighted by molar-refractivity contribution is 6.32. The quantitative estimate of drug-likeness (QED) is 0.899. The van der Waals surface area contributed by atoms with Gasteiger partial charge >= 0.3 is 5.97 Å². The maximum atomic E-state index is 11.0. The number of halogens is 2. The number of hydrogen-bond donors (Lipinski definition) is 1. The monoisotopic (exact) mass is 256 g/mol. The maximum Gasteiger partial charge on any atom is 0.352 e. The van der Waals surface area contributed by atoms with Gasteiger partial charge in [0.2, 0.25) is 0 Å². The average molecular weight is 257 g/mol. The summed E-state index contributed by atoms with van der Waals surface area (Å²) in [5.41, 5.74) is 0.0191. The van der Waals surface area contributed by atoms with Crippen LogP contribution < -0.4 is 0 Å². The predicted molar refractivity (Wildman–Crippen MR) is 60.5 cm³/mol. The molecule has 16 heavy (non-hydrogen) atoms. The summed E-state index contributed by atoms with van der Waals surface area (Å²) in [5, 5.41) is 9.66. The van der Waals surface area contributed by atoms with Gasteiger partial charge in [-0.15, -0.1) is 0 Å². The van der Waals surface area contributed by atoms with Crippen molar-refractivity contribution in [3.63, 3.8) is 0 Å². The molecule has 82 valence electrons. The number of aromatic nitrogens is 2. The molecule has 0 aliphatic heterocycles. The molecule has 2 heterocycles. The second kappa shape index (κ2) is 4.15. The van der Waals surface area contributed by atoms with Gasteiger partial charge in [0.15, 0.2) is 5.82 Å². The molecule has 1 N–H and O–H groups in total. The van der Waals surface area contributed by atoms with Gasteiger partial charge in [-0.1, -0.05) is 23.2 Å². The molecule has 0 bridgehead atoms. The SMILES string of the molecule is O=C(O)c1cc(Cl)cn1-c1ncccc1Cl. The van der Waals surface area contributed by atoms with Gasteiger partial charge in [-0.2, -0.15) is 0 Å². The third kappa shape index (κ3) is 1.89. The van der Waals surface area contributed by atoms with E-state index in [1.807, 2.05) is 0 Å². The lowest BCUT2D eigenvalue weighted by Crippen LogP contribution is -2.07. The zero-order chi connectivity index (χ0) is 11.7. The molecule has 0 amide bonds. The van der Waals surface area contributed by atoms with Crippen LogP contribution in [0, 0.1) is 0 Å². The van der Waals surface area contributed by atoms with Crippen molar-refractivity contribution in [3.8, 4) is 5.82 Å². The summed E-state index contributed by atoms with van der Waals surface area (Å²) in [5.74, 6) is -0.748. The average Bonchev–Trinajstić information content (AvgIpc) is 2.61. The van der Waals surface area contributed by atoms with Crippen molar-refractivity contribution in [3.05, 3.63) is 46.3 Å². The van der Waals surface area contributed by atoms with Crippen molar-refractivity contribution in [2.45, 2.75) is 0 Å². The second-order valence-corrected chi connectivity index (χ2v) is 3.87. The summed E-state index contributed by atoms with van der Waals surface area (Å²) in [6, 6.07) is 4.63. The Kier molecular flexibility index (Phi) is 2.85. The van der Waals surface area contributed by atoms with Gasteiger partial charge in [0.25, 0.3) is 0 Å². The van der Waals surface area contributed by atoms with Crippen molar-refractivity contribution < 1.29 is 9.90 Å². The minimum atomic E-state index is -1.09. The first kappa shape index (κ1) is 11.0. The largest absolute Gasteiger partial charge is 0.477 e. The Morgan fingerprint density at radius 2 is 2.19 bits per heavy atom. The van der Waals surface area contributed by atoms with Crippen LogP contribution in [0.3, 0.4) is 0 Å². The predicted octanol–water partition coefficient (Wildman–Crippen LogP) is 2.88. The maximum absolute atomic E-state index is 11.0. The van der Waals surface area contributed by atoms with Crippen molar-refractivity contribution in [2.75, 3.05) is 0 Å². The van der Waals surface area contributed by atoms with Crippen molar-refractivity contribution in [2.24, 2.45) is 0 Å². The van der Waals surface area contributed by atoms with Crippen LogP contribution in [0.1, 0.15) is 10.5 Å². The van der Waals surface area contributed by atoms with E-state index >= 15 is 0 Å². The number of pyridine rings is 1.